The van der Waals surface area contributed by atoms with Gasteiger partial charge in [0.2, 0.25) is 0 Å². The normalized spacial score (nSPS) is 13.2. The summed E-state index contributed by atoms with van der Waals surface area (Å²) in [7, 11) is 0. The monoisotopic (exact) mass is 248 g/mol. The molecule has 1 aromatic heterocycles. The number of nitrogens with zero attached hydrogens (tertiary/aromatic N) is 1. The molecule has 0 fully saturated rings. The van der Waals surface area contributed by atoms with Crippen LogP contribution in [-0.2, 0) is 0 Å². The van der Waals surface area contributed by atoms with Crippen molar-refractivity contribution in [3.05, 3.63) is 18.3 Å². The van der Waals surface area contributed by atoms with Crippen LogP contribution in [0.1, 0.15) is 20.3 Å². The maximum absolute atomic E-state index is 12.3. The Morgan fingerprint density at radius 3 is 2.76 bits per heavy atom. The molecule has 0 saturated heterocycles. The van der Waals surface area contributed by atoms with Crippen LogP contribution >= 0.6 is 0 Å². The molecule has 17 heavy (non-hydrogen) atoms. The minimum atomic E-state index is -4.36. The molecule has 0 aromatic carbocycles. The quantitative estimate of drug-likeness (QED) is 0.868. The summed E-state index contributed by atoms with van der Waals surface area (Å²) in [4.78, 5) is 3.97. The van der Waals surface area contributed by atoms with Crippen molar-refractivity contribution in [2.75, 3.05) is 11.9 Å². The molecule has 1 rings (SSSR count). The number of hydrogen-bond donors (Lipinski definition) is 1. The number of anilines is 1. The maximum Gasteiger partial charge on any atom is 0.425 e. The Morgan fingerprint density at radius 2 is 2.18 bits per heavy atom. The van der Waals surface area contributed by atoms with E-state index in [2.05, 4.69) is 10.3 Å². The Morgan fingerprint density at radius 1 is 1.47 bits per heavy atom. The molecule has 1 unspecified atom stereocenters. The second-order valence-corrected chi connectivity index (χ2v) is 3.61. The number of halogens is 3. The van der Waals surface area contributed by atoms with Crippen LogP contribution in [-0.4, -0.2) is 23.8 Å². The van der Waals surface area contributed by atoms with Gasteiger partial charge in [0.25, 0.3) is 0 Å². The molecule has 0 amide bonds. The van der Waals surface area contributed by atoms with Gasteiger partial charge in [0.15, 0.2) is 6.10 Å². The number of pyridine rings is 1. The van der Waals surface area contributed by atoms with E-state index in [1.165, 1.54) is 18.3 Å². The molecule has 0 aliphatic carbocycles. The van der Waals surface area contributed by atoms with Crippen LogP contribution < -0.4 is 10.1 Å². The molecule has 0 aliphatic rings. The second kappa shape index (κ2) is 5.75. The molecule has 0 radical (unpaired) electrons. The highest BCUT2D eigenvalue weighted by atomic mass is 19.4. The summed E-state index contributed by atoms with van der Waals surface area (Å²) in [6.45, 7) is 3.67. The number of alkyl halides is 3. The van der Waals surface area contributed by atoms with Crippen LogP contribution in [0.15, 0.2) is 18.3 Å². The van der Waals surface area contributed by atoms with Crippen molar-refractivity contribution in [1.82, 2.24) is 4.98 Å². The molecular formula is C11H15F3N2O. The Kier molecular flexibility index (Phi) is 4.60. The van der Waals surface area contributed by atoms with Gasteiger partial charge in [-0.25, -0.2) is 4.98 Å². The molecule has 1 atom stereocenters. The average Bonchev–Trinajstić information content (AvgIpc) is 2.25. The zero-order chi connectivity index (χ0) is 12.9. The highest BCUT2D eigenvalue weighted by Gasteiger charge is 2.38. The molecule has 1 heterocycles. The van der Waals surface area contributed by atoms with Crippen molar-refractivity contribution in [3.63, 3.8) is 0 Å². The zero-order valence-electron chi connectivity index (χ0n) is 9.71. The van der Waals surface area contributed by atoms with E-state index < -0.39 is 12.3 Å². The van der Waals surface area contributed by atoms with Crippen LogP contribution in [0.4, 0.5) is 19.0 Å². The number of aromatic nitrogens is 1. The fraction of sp³-hybridized carbons (Fsp3) is 0.545. The van der Waals surface area contributed by atoms with Gasteiger partial charge in [0.05, 0.1) is 0 Å². The van der Waals surface area contributed by atoms with E-state index in [0.29, 0.717) is 12.4 Å². The zero-order valence-corrected chi connectivity index (χ0v) is 9.71. The first-order valence-electron chi connectivity index (χ1n) is 5.36. The maximum atomic E-state index is 12.3. The molecule has 0 bridgehead atoms. The molecule has 0 aliphatic heterocycles. The lowest BCUT2D eigenvalue weighted by molar-refractivity contribution is -0.189. The SMILES string of the molecule is CCCNc1cc(OC(C)C(F)(F)F)ccn1. The second-order valence-electron chi connectivity index (χ2n) is 3.61. The van der Waals surface area contributed by atoms with Crippen molar-refractivity contribution < 1.29 is 17.9 Å². The molecule has 1 aromatic rings. The van der Waals surface area contributed by atoms with Crippen LogP contribution in [0.2, 0.25) is 0 Å². The summed E-state index contributed by atoms with van der Waals surface area (Å²) in [5, 5.41) is 2.97. The lowest BCUT2D eigenvalue weighted by Gasteiger charge is -2.17. The Hall–Kier alpha value is -1.46. The summed E-state index contributed by atoms with van der Waals surface area (Å²) >= 11 is 0. The van der Waals surface area contributed by atoms with Crippen LogP contribution in [0.3, 0.4) is 0 Å². The van der Waals surface area contributed by atoms with E-state index in [1.807, 2.05) is 6.92 Å². The lowest BCUT2D eigenvalue weighted by Crippen LogP contribution is -2.31. The van der Waals surface area contributed by atoms with Gasteiger partial charge in [-0.2, -0.15) is 13.2 Å². The molecule has 0 saturated carbocycles. The van der Waals surface area contributed by atoms with E-state index in [0.717, 1.165) is 13.3 Å². The van der Waals surface area contributed by atoms with Gasteiger partial charge >= 0.3 is 6.18 Å². The van der Waals surface area contributed by atoms with E-state index >= 15 is 0 Å². The lowest BCUT2D eigenvalue weighted by atomic mass is 10.3. The van der Waals surface area contributed by atoms with E-state index in [9.17, 15) is 13.2 Å². The smallest absolute Gasteiger partial charge is 0.425 e. The third-order valence-corrected chi connectivity index (χ3v) is 2.06. The van der Waals surface area contributed by atoms with Crippen molar-refractivity contribution in [2.24, 2.45) is 0 Å². The summed E-state index contributed by atoms with van der Waals surface area (Å²) in [5.74, 6) is 0.669. The number of ether oxygens (including phenoxy) is 1. The van der Waals surface area contributed by atoms with Crippen LogP contribution in [0.5, 0.6) is 5.75 Å². The van der Waals surface area contributed by atoms with Gasteiger partial charge in [-0.3, -0.25) is 0 Å². The highest BCUT2D eigenvalue weighted by molar-refractivity contribution is 5.40. The molecule has 3 nitrogen and oxygen atoms in total. The predicted octanol–water partition coefficient (Wildman–Crippen LogP) is 3.23. The van der Waals surface area contributed by atoms with E-state index in [-0.39, 0.29) is 5.75 Å². The fourth-order valence-electron chi connectivity index (χ4n) is 1.11. The summed E-state index contributed by atoms with van der Waals surface area (Å²) in [6.07, 6.45) is -3.87. The van der Waals surface area contributed by atoms with Crippen LogP contribution in [0, 0.1) is 0 Å². The first-order valence-corrected chi connectivity index (χ1v) is 5.36. The van der Waals surface area contributed by atoms with Crippen molar-refractivity contribution >= 4 is 5.82 Å². The van der Waals surface area contributed by atoms with E-state index in [4.69, 9.17) is 4.74 Å². The minimum Gasteiger partial charge on any atom is -0.481 e. The molecular weight excluding hydrogens is 233 g/mol. The predicted molar refractivity (Wildman–Crippen MR) is 59.2 cm³/mol. The minimum absolute atomic E-state index is 0.156. The molecule has 1 N–H and O–H groups in total. The summed E-state index contributed by atoms with van der Waals surface area (Å²) < 4.78 is 41.6. The largest absolute Gasteiger partial charge is 0.481 e. The number of rotatable bonds is 5. The van der Waals surface area contributed by atoms with Crippen molar-refractivity contribution in [2.45, 2.75) is 32.5 Å². The number of hydrogen-bond acceptors (Lipinski definition) is 3. The Labute approximate surface area is 98.0 Å². The van der Waals surface area contributed by atoms with Crippen LogP contribution in [0.25, 0.3) is 0 Å². The Balaban J connectivity index is 2.65. The van der Waals surface area contributed by atoms with Gasteiger partial charge in [-0.15, -0.1) is 0 Å². The van der Waals surface area contributed by atoms with E-state index in [1.54, 1.807) is 0 Å². The van der Waals surface area contributed by atoms with Gasteiger partial charge < -0.3 is 10.1 Å². The summed E-state index contributed by atoms with van der Waals surface area (Å²) in [6, 6.07) is 2.86. The average molecular weight is 248 g/mol. The first kappa shape index (κ1) is 13.6. The standard InChI is InChI=1S/C11H15F3N2O/c1-3-5-15-10-7-9(4-6-16-10)17-8(2)11(12,13)14/h4,6-8H,3,5H2,1-2H3,(H,15,16). The molecule has 0 spiro atoms. The fourth-order valence-corrected chi connectivity index (χ4v) is 1.11. The summed E-state index contributed by atoms with van der Waals surface area (Å²) in [5.41, 5.74) is 0. The van der Waals surface area contributed by atoms with Gasteiger partial charge in [-0.05, 0) is 19.4 Å². The third-order valence-electron chi connectivity index (χ3n) is 2.06. The molecule has 96 valence electrons. The number of nitrogens with one attached hydrogen (secondary N) is 1. The topological polar surface area (TPSA) is 34.1 Å². The first-order chi connectivity index (χ1) is 7.93. The highest BCUT2D eigenvalue weighted by Crippen LogP contribution is 2.25. The van der Waals surface area contributed by atoms with Gasteiger partial charge in [0.1, 0.15) is 11.6 Å². The third kappa shape index (κ3) is 4.50. The van der Waals surface area contributed by atoms with Gasteiger partial charge in [0, 0.05) is 18.8 Å². The Bertz CT molecular complexity index is 355. The molecule has 6 heteroatoms. The van der Waals surface area contributed by atoms with Crippen molar-refractivity contribution in [1.29, 1.82) is 0 Å². The van der Waals surface area contributed by atoms with Crippen molar-refractivity contribution in [3.8, 4) is 5.75 Å². The van der Waals surface area contributed by atoms with Gasteiger partial charge in [-0.1, -0.05) is 6.92 Å².